The number of rotatable bonds is 6. The van der Waals surface area contributed by atoms with Crippen molar-refractivity contribution in [2.45, 2.75) is 70.9 Å². The van der Waals surface area contributed by atoms with Crippen LogP contribution in [0.3, 0.4) is 0 Å². The molecule has 1 fully saturated rings. The smallest absolute Gasteiger partial charge is 0.303 e. The van der Waals surface area contributed by atoms with E-state index in [1.54, 1.807) is 0 Å². The Kier molecular flexibility index (Phi) is 5.45. The first-order valence-corrected chi connectivity index (χ1v) is 6.59. The summed E-state index contributed by atoms with van der Waals surface area (Å²) < 4.78 is 0. The molecule has 0 aromatic heterocycles. The summed E-state index contributed by atoms with van der Waals surface area (Å²) in [5, 5.41) is 8.52. The zero-order valence-electron chi connectivity index (χ0n) is 10.8. The summed E-state index contributed by atoms with van der Waals surface area (Å²) in [5.41, 5.74) is 0. The Balaban J connectivity index is 2.33. The molecule has 98 valence electrons. The number of amides is 1. The van der Waals surface area contributed by atoms with Gasteiger partial charge in [0, 0.05) is 24.9 Å². The maximum atomic E-state index is 12.0. The lowest BCUT2D eigenvalue weighted by Crippen LogP contribution is -2.39. The molecule has 0 bridgehead atoms. The van der Waals surface area contributed by atoms with Crippen molar-refractivity contribution in [1.82, 2.24) is 4.90 Å². The topological polar surface area (TPSA) is 57.6 Å². The lowest BCUT2D eigenvalue weighted by atomic mass is 10.1. The van der Waals surface area contributed by atoms with Crippen LogP contribution in [0, 0.1) is 0 Å². The minimum atomic E-state index is -0.779. The Labute approximate surface area is 103 Å². The molecule has 1 aliphatic heterocycles. The summed E-state index contributed by atoms with van der Waals surface area (Å²) in [6, 6.07) is 0.754. The van der Waals surface area contributed by atoms with Crippen molar-refractivity contribution >= 4 is 11.9 Å². The van der Waals surface area contributed by atoms with Crippen LogP contribution in [0.15, 0.2) is 0 Å². The molecule has 1 saturated heterocycles. The van der Waals surface area contributed by atoms with E-state index >= 15 is 0 Å². The fraction of sp³-hybridized carbons (Fsp3) is 0.846. The Hall–Kier alpha value is -1.06. The summed E-state index contributed by atoms with van der Waals surface area (Å²) >= 11 is 0. The maximum Gasteiger partial charge on any atom is 0.303 e. The summed E-state index contributed by atoms with van der Waals surface area (Å²) in [6.45, 7) is 4.22. The molecule has 2 atom stereocenters. The molecule has 0 aromatic rings. The van der Waals surface area contributed by atoms with Crippen molar-refractivity contribution in [3.05, 3.63) is 0 Å². The summed E-state index contributed by atoms with van der Waals surface area (Å²) in [7, 11) is 0. The Morgan fingerprint density at radius 3 is 2.47 bits per heavy atom. The first-order valence-electron chi connectivity index (χ1n) is 6.59. The van der Waals surface area contributed by atoms with Crippen LogP contribution in [0.1, 0.15) is 58.8 Å². The molecule has 0 radical (unpaired) electrons. The number of carboxylic acids is 1. The van der Waals surface area contributed by atoms with Crippen LogP contribution in [0.5, 0.6) is 0 Å². The first kappa shape index (κ1) is 14.0. The van der Waals surface area contributed by atoms with Gasteiger partial charge in [-0.25, -0.2) is 0 Å². The third-order valence-electron chi connectivity index (χ3n) is 3.58. The number of carboxylic acid groups (broad SMARTS) is 1. The Morgan fingerprint density at radius 2 is 1.88 bits per heavy atom. The zero-order chi connectivity index (χ0) is 12.8. The summed E-state index contributed by atoms with van der Waals surface area (Å²) in [4.78, 5) is 24.4. The number of hydrogen-bond donors (Lipinski definition) is 1. The quantitative estimate of drug-likeness (QED) is 0.726. The zero-order valence-corrected chi connectivity index (χ0v) is 10.8. The van der Waals surface area contributed by atoms with E-state index in [9.17, 15) is 9.59 Å². The molecule has 1 rings (SSSR count). The van der Waals surface area contributed by atoms with Gasteiger partial charge in [-0.3, -0.25) is 9.59 Å². The molecule has 4 nitrogen and oxygen atoms in total. The van der Waals surface area contributed by atoms with Crippen molar-refractivity contribution in [2.75, 3.05) is 0 Å². The maximum absolute atomic E-state index is 12.0. The SMILES string of the molecule is CCC1CCC(C)N1C(=O)CCCCC(=O)O. The van der Waals surface area contributed by atoms with Gasteiger partial charge in [0.15, 0.2) is 0 Å². The normalized spacial score (nSPS) is 24.0. The van der Waals surface area contributed by atoms with Crippen LogP contribution in [0.2, 0.25) is 0 Å². The number of carbonyl (C=O) groups is 2. The average Bonchev–Trinajstić information content (AvgIpc) is 2.65. The second-order valence-corrected chi connectivity index (χ2v) is 4.89. The molecule has 0 aliphatic carbocycles. The Bertz CT molecular complexity index is 278. The highest BCUT2D eigenvalue weighted by Crippen LogP contribution is 2.27. The van der Waals surface area contributed by atoms with Crippen LogP contribution < -0.4 is 0 Å². The molecule has 1 N–H and O–H groups in total. The van der Waals surface area contributed by atoms with E-state index in [1.165, 1.54) is 0 Å². The van der Waals surface area contributed by atoms with Gasteiger partial charge in [-0.15, -0.1) is 0 Å². The van der Waals surface area contributed by atoms with Crippen molar-refractivity contribution in [3.8, 4) is 0 Å². The van der Waals surface area contributed by atoms with Crippen LogP contribution in [0.25, 0.3) is 0 Å². The third-order valence-corrected chi connectivity index (χ3v) is 3.58. The Morgan fingerprint density at radius 1 is 1.24 bits per heavy atom. The van der Waals surface area contributed by atoms with E-state index in [2.05, 4.69) is 13.8 Å². The van der Waals surface area contributed by atoms with Crippen molar-refractivity contribution in [2.24, 2.45) is 0 Å². The molecule has 2 unspecified atom stereocenters. The number of unbranched alkanes of at least 4 members (excludes halogenated alkanes) is 1. The first-order chi connectivity index (χ1) is 8.06. The average molecular weight is 241 g/mol. The van der Waals surface area contributed by atoms with E-state index in [0.29, 0.717) is 31.3 Å². The molecule has 17 heavy (non-hydrogen) atoms. The van der Waals surface area contributed by atoms with Crippen LogP contribution in [-0.2, 0) is 9.59 Å². The van der Waals surface area contributed by atoms with Crippen molar-refractivity contribution < 1.29 is 14.7 Å². The predicted molar refractivity (Wildman–Crippen MR) is 65.7 cm³/mol. The van der Waals surface area contributed by atoms with E-state index < -0.39 is 5.97 Å². The van der Waals surface area contributed by atoms with Gasteiger partial charge in [-0.2, -0.15) is 0 Å². The molecular weight excluding hydrogens is 218 g/mol. The molecule has 1 amide bonds. The van der Waals surface area contributed by atoms with E-state index in [0.717, 1.165) is 19.3 Å². The second kappa shape index (κ2) is 6.62. The van der Waals surface area contributed by atoms with Gasteiger partial charge in [0.2, 0.25) is 5.91 Å². The van der Waals surface area contributed by atoms with Crippen LogP contribution >= 0.6 is 0 Å². The van der Waals surface area contributed by atoms with Crippen LogP contribution in [-0.4, -0.2) is 34.0 Å². The van der Waals surface area contributed by atoms with E-state index in [4.69, 9.17) is 5.11 Å². The fourth-order valence-electron chi connectivity index (χ4n) is 2.60. The molecule has 0 saturated carbocycles. The lowest BCUT2D eigenvalue weighted by molar-refractivity contribution is -0.138. The number of nitrogens with zero attached hydrogens (tertiary/aromatic N) is 1. The number of aliphatic carboxylic acids is 1. The minimum Gasteiger partial charge on any atom is -0.481 e. The molecule has 0 spiro atoms. The highest BCUT2D eigenvalue weighted by Gasteiger charge is 2.32. The van der Waals surface area contributed by atoms with Gasteiger partial charge >= 0.3 is 5.97 Å². The van der Waals surface area contributed by atoms with Gasteiger partial charge < -0.3 is 10.0 Å². The van der Waals surface area contributed by atoms with Gasteiger partial charge in [-0.05, 0) is 39.0 Å². The number of likely N-dealkylation sites (tertiary alicyclic amines) is 1. The van der Waals surface area contributed by atoms with Crippen molar-refractivity contribution in [1.29, 1.82) is 0 Å². The minimum absolute atomic E-state index is 0.167. The fourth-order valence-corrected chi connectivity index (χ4v) is 2.60. The molecule has 1 heterocycles. The standard InChI is InChI=1S/C13H23NO3/c1-3-11-9-8-10(2)14(11)12(15)6-4-5-7-13(16)17/h10-11H,3-9H2,1-2H3,(H,16,17). The van der Waals surface area contributed by atoms with E-state index in [-0.39, 0.29) is 12.3 Å². The van der Waals surface area contributed by atoms with Gasteiger partial charge in [0.1, 0.15) is 0 Å². The van der Waals surface area contributed by atoms with Gasteiger partial charge in [-0.1, -0.05) is 6.92 Å². The number of hydrogen-bond acceptors (Lipinski definition) is 2. The second-order valence-electron chi connectivity index (χ2n) is 4.89. The van der Waals surface area contributed by atoms with E-state index in [1.807, 2.05) is 4.90 Å². The van der Waals surface area contributed by atoms with Gasteiger partial charge in [0.25, 0.3) is 0 Å². The van der Waals surface area contributed by atoms with Crippen molar-refractivity contribution in [3.63, 3.8) is 0 Å². The summed E-state index contributed by atoms with van der Waals surface area (Å²) in [5.74, 6) is -0.578. The highest BCUT2D eigenvalue weighted by atomic mass is 16.4. The molecule has 0 aromatic carbocycles. The van der Waals surface area contributed by atoms with Gasteiger partial charge in [0.05, 0.1) is 0 Å². The third kappa shape index (κ3) is 4.02. The molecular formula is C13H23NO3. The monoisotopic (exact) mass is 241 g/mol. The molecule has 4 heteroatoms. The summed E-state index contributed by atoms with van der Waals surface area (Å²) in [6.07, 6.45) is 5.17. The highest BCUT2D eigenvalue weighted by molar-refractivity contribution is 5.77. The molecule has 1 aliphatic rings. The number of carbonyl (C=O) groups excluding carboxylic acids is 1. The largest absolute Gasteiger partial charge is 0.481 e. The predicted octanol–water partition coefficient (Wildman–Crippen LogP) is 2.42. The van der Waals surface area contributed by atoms with Crippen LogP contribution in [0.4, 0.5) is 0 Å². The lowest BCUT2D eigenvalue weighted by Gasteiger charge is -2.28.